The third-order valence-corrected chi connectivity index (χ3v) is 5.89. The number of anilines is 2. The molecule has 2 aromatic carbocycles. The second-order valence-corrected chi connectivity index (χ2v) is 7.97. The minimum absolute atomic E-state index is 0.0210. The van der Waals surface area contributed by atoms with Crippen molar-refractivity contribution in [2.75, 3.05) is 23.3 Å². The summed E-state index contributed by atoms with van der Waals surface area (Å²) < 4.78 is 0. The number of piperidine rings is 1. The Balaban J connectivity index is 1.44. The van der Waals surface area contributed by atoms with Crippen molar-refractivity contribution in [3.63, 3.8) is 0 Å². The Bertz CT molecular complexity index is 999. The third kappa shape index (κ3) is 4.06. The second kappa shape index (κ2) is 8.09. The summed E-state index contributed by atoms with van der Waals surface area (Å²) in [6, 6.07) is 16.8. The standard InChI is InChI=1S/C24H29N3O/c1-3-18-4-5-19-15-20(24(28)26-23(19)14-18)16-25-21-6-8-22(9-7-21)27-12-10-17(2)11-13-27/h4-9,14-15,17,25H,3,10-13,16H2,1-2H3,(H,26,28). The van der Waals surface area contributed by atoms with E-state index in [1.54, 1.807) is 0 Å². The minimum atomic E-state index is -0.0210. The first-order valence-electron chi connectivity index (χ1n) is 10.4. The quantitative estimate of drug-likeness (QED) is 0.664. The molecule has 2 heterocycles. The molecule has 4 heteroatoms. The number of aromatic nitrogens is 1. The van der Waals surface area contributed by atoms with E-state index in [1.807, 2.05) is 6.07 Å². The van der Waals surface area contributed by atoms with E-state index in [4.69, 9.17) is 0 Å². The normalized spacial score (nSPS) is 15.1. The topological polar surface area (TPSA) is 48.1 Å². The molecule has 0 atom stereocenters. The number of benzene rings is 2. The number of rotatable bonds is 5. The lowest BCUT2D eigenvalue weighted by Gasteiger charge is -2.32. The average molecular weight is 376 g/mol. The van der Waals surface area contributed by atoms with Gasteiger partial charge in [0, 0.05) is 42.1 Å². The Morgan fingerprint density at radius 3 is 2.54 bits per heavy atom. The van der Waals surface area contributed by atoms with Crippen molar-refractivity contribution in [3.05, 3.63) is 70.0 Å². The van der Waals surface area contributed by atoms with Crippen LogP contribution in [0.3, 0.4) is 0 Å². The number of H-pyrrole nitrogens is 1. The molecular weight excluding hydrogens is 346 g/mol. The molecule has 0 unspecified atom stereocenters. The molecule has 1 saturated heterocycles. The predicted octanol–water partition coefficient (Wildman–Crippen LogP) is 4.94. The maximum Gasteiger partial charge on any atom is 0.253 e. The van der Waals surface area contributed by atoms with E-state index in [9.17, 15) is 4.79 Å². The lowest BCUT2D eigenvalue weighted by Crippen LogP contribution is -2.32. The molecule has 1 aliphatic heterocycles. The highest BCUT2D eigenvalue weighted by atomic mass is 16.1. The maximum atomic E-state index is 12.4. The lowest BCUT2D eigenvalue weighted by molar-refractivity contribution is 0.438. The Morgan fingerprint density at radius 2 is 1.82 bits per heavy atom. The number of pyridine rings is 1. The zero-order valence-electron chi connectivity index (χ0n) is 16.8. The van der Waals surface area contributed by atoms with Gasteiger partial charge in [-0.25, -0.2) is 0 Å². The Kier molecular flexibility index (Phi) is 5.38. The molecule has 0 aliphatic carbocycles. The van der Waals surface area contributed by atoms with Gasteiger partial charge in [-0.05, 0) is 72.5 Å². The van der Waals surface area contributed by atoms with Gasteiger partial charge in [-0.2, -0.15) is 0 Å². The summed E-state index contributed by atoms with van der Waals surface area (Å²) >= 11 is 0. The number of nitrogens with zero attached hydrogens (tertiary/aromatic N) is 1. The van der Waals surface area contributed by atoms with Crippen molar-refractivity contribution in [3.8, 4) is 0 Å². The smallest absolute Gasteiger partial charge is 0.253 e. The summed E-state index contributed by atoms with van der Waals surface area (Å²) in [5.41, 5.74) is 5.20. The Labute approximate surface area is 166 Å². The van der Waals surface area contributed by atoms with Gasteiger partial charge in [0.25, 0.3) is 5.56 Å². The Hall–Kier alpha value is -2.75. The third-order valence-electron chi connectivity index (χ3n) is 5.89. The molecule has 1 aliphatic rings. The number of hydrogen-bond donors (Lipinski definition) is 2. The molecule has 0 bridgehead atoms. The highest BCUT2D eigenvalue weighted by Crippen LogP contribution is 2.24. The van der Waals surface area contributed by atoms with Gasteiger partial charge in [-0.1, -0.05) is 26.0 Å². The van der Waals surface area contributed by atoms with Crippen LogP contribution in [0.25, 0.3) is 10.9 Å². The molecule has 28 heavy (non-hydrogen) atoms. The number of aryl methyl sites for hydroxylation is 1. The van der Waals surface area contributed by atoms with E-state index >= 15 is 0 Å². The van der Waals surface area contributed by atoms with Crippen molar-refractivity contribution in [1.82, 2.24) is 4.98 Å². The summed E-state index contributed by atoms with van der Waals surface area (Å²) in [4.78, 5) is 17.9. The zero-order valence-corrected chi connectivity index (χ0v) is 16.8. The average Bonchev–Trinajstić information content (AvgIpc) is 2.73. The molecule has 4 nitrogen and oxygen atoms in total. The van der Waals surface area contributed by atoms with E-state index in [0.717, 1.165) is 47.6 Å². The number of fused-ring (bicyclic) bond motifs is 1. The van der Waals surface area contributed by atoms with Gasteiger partial charge >= 0.3 is 0 Å². The maximum absolute atomic E-state index is 12.4. The van der Waals surface area contributed by atoms with Crippen LogP contribution in [0.1, 0.15) is 37.8 Å². The van der Waals surface area contributed by atoms with Crippen LogP contribution < -0.4 is 15.8 Å². The van der Waals surface area contributed by atoms with Crippen molar-refractivity contribution in [2.45, 2.75) is 39.7 Å². The van der Waals surface area contributed by atoms with Crippen LogP contribution in [-0.4, -0.2) is 18.1 Å². The van der Waals surface area contributed by atoms with E-state index in [0.29, 0.717) is 6.54 Å². The highest BCUT2D eigenvalue weighted by molar-refractivity contribution is 5.79. The fourth-order valence-electron chi connectivity index (χ4n) is 3.90. The van der Waals surface area contributed by atoms with Crippen molar-refractivity contribution < 1.29 is 0 Å². The number of nitrogens with one attached hydrogen (secondary N) is 2. The SMILES string of the molecule is CCc1ccc2cc(CNc3ccc(N4CCC(C)CC4)cc3)c(=O)[nH]c2c1. The Morgan fingerprint density at radius 1 is 1.07 bits per heavy atom. The summed E-state index contributed by atoms with van der Waals surface area (Å²) in [5, 5.41) is 4.46. The van der Waals surface area contributed by atoms with Gasteiger partial charge < -0.3 is 15.2 Å². The van der Waals surface area contributed by atoms with Gasteiger partial charge in [0.15, 0.2) is 0 Å². The van der Waals surface area contributed by atoms with E-state index in [-0.39, 0.29) is 5.56 Å². The number of aromatic amines is 1. The molecule has 1 aromatic heterocycles. The monoisotopic (exact) mass is 375 g/mol. The van der Waals surface area contributed by atoms with Gasteiger partial charge in [0.2, 0.25) is 0 Å². The van der Waals surface area contributed by atoms with E-state index in [1.165, 1.54) is 24.1 Å². The van der Waals surface area contributed by atoms with Crippen LogP contribution in [0.15, 0.2) is 53.3 Å². The van der Waals surface area contributed by atoms with Gasteiger partial charge in [-0.3, -0.25) is 4.79 Å². The first kappa shape index (κ1) is 18.6. The van der Waals surface area contributed by atoms with Crippen LogP contribution in [0.5, 0.6) is 0 Å². The molecule has 0 radical (unpaired) electrons. The van der Waals surface area contributed by atoms with E-state index in [2.05, 4.69) is 71.5 Å². The molecule has 0 spiro atoms. The summed E-state index contributed by atoms with van der Waals surface area (Å²) in [6.07, 6.45) is 3.50. The zero-order chi connectivity index (χ0) is 19.5. The highest BCUT2D eigenvalue weighted by Gasteiger charge is 2.15. The molecule has 4 rings (SSSR count). The molecule has 2 N–H and O–H groups in total. The molecule has 0 amide bonds. The summed E-state index contributed by atoms with van der Waals surface area (Å²) in [6.45, 7) is 7.25. The first-order chi connectivity index (χ1) is 13.6. The fraction of sp³-hybridized carbons (Fsp3) is 0.375. The fourth-order valence-corrected chi connectivity index (χ4v) is 3.90. The van der Waals surface area contributed by atoms with Crippen molar-refractivity contribution in [2.24, 2.45) is 5.92 Å². The van der Waals surface area contributed by atoms with Crippen LogP contribution in [0.4, 0.5) is 11.4 Å². The van der Waals surface area contributed by atoms with Crippen LogP contribution in [0.2, 0.25) is 0 Å². The summed E-state index contributed by atoms with van der Waals surface area (Å²) in [7, 11) is 0. The lowest BCUT2D eigenvalue weighted by atomic mass is 9.99. The largest absolute Gasteiger partial charge is 0.381 e. The van der Waals surface area contributed by atoms with Crippen molar-refractivity contribution in [1.29, 1.82) is 0 Å². The predicted molar refractivity (Wildman–Crippen MR) is 118 cm³/mol. The minimum Gasteiger partial charge on any atom is -0.381 e. The molecule has 146 valence electrons. The molecular formula is C24H29N3O. The van der Waals surface area contributed by atoms with Gasteiger partial charge in [0.1, 0.15) is 0 Å². The van der Waals surface area contributed by atoms with Crippen LogP contribution in [0, 0.1) is 5.92 Å². The van der Waals surface area contributed by atoms with Gasteiger partial charge in [0.05, 0.1) is 0 Å². The summed E-state index contributed by atoms with van der Waals surface area (Å²) in [5.74, 6) is 0.839. The molecule has 1 fully saturated rings. The first-order valence-corrected chi connectivity index (χ1v) is 10.4. The van der Waals surface area contributed by atoms with Crippen molar-refractivity contribution >= 4 is 22.3 Å². The molecule has 0 saturated carbocycles. The van der Waals surface area contributed by atoms with E-state index < -0.39 is 0 Å². The number of hydrogen-bond acceptors (Lipinski definition) is 3. The molecule has 3 aromatic rings. The van der Waals surface area contributed by atoms with Crippen LogP contribution >= 0.6 is 0 Å². The van der Waals surface area contributed by atoms with Crippen LogP contribution in [-0.2, 0) is 13.0 Å². The van der Waals surface area contributed by atoms with Gasteiger partial charge in [-0.15, -0.1) is 0 Å². The second-order valence-electron chi connectivity index (χ2n) is 7.97.